The molecule has 0 amide bonds. The van der Waals surface area contributed by atoms with Gasteiger partial charge in [-0.05, 0) is 25.1 Å². The molecule has 0 aliphatic heterocycles. The van der Waals surface area contributed by atoms with E-state index in [9.17, 15) is 4.39 Å². The first-order valence-electron chi connectivity index (χ1n) is 4.85. The average molecular weight is 237 g/mol. The number of nitrogens with one attached hydrogen (secondary N) is 1. The van der Waals surface area contributed by atoms with Crippen LogP contribution in [0, 0.1) is 12.7 Å². The molecule has 0 spiro atoms. The maximum Gasteiger partial charge on any atom is 0.148 e. The summed E-state index contributed by atoms with van der Waals surface area (Å²) in [5.74, 6) is -0.341. The van der Waals surface area contributed by atoms with Crippen LogP contribution < -0.4 is 11.1 Å². The molecule has 1 aromatic heterocycles. The quantitative estimate of drug-likeness (QED) is 0.807. The molecule has 0 bridgehead atoms. The Bertz CT molecular complexity index is 496. The fourth-order valence-corrected chi connectivity index (χ4v) is 1.96. The van der Waals surface area contributed by atoms with Crippen LogP contribution in [0.1, 0.15) is 10.7 Å². The molecule has 84 valence electrons. The number of nitrogens with two attached hydrogens (primary N) is 1. The number of halogens is 1. The molecule has 0 fully saturated rings. The van der Waals surface area contributed by atoms with Crippen LogP contribution in [-0.4, -0.2) is 4.98 Å². The zero-order chi connectivity index (χ0) is 11.5. The summed E-state index contributed by atoms with van der Waals surface area (Å²) < 4.78 is 13.4. The first-order chi connectivity index (χ1) is 7.65. The van der Waals surface area contributed by atoms with Crippen molar-refractivity contribution in [3.8, 4) is 0 Å². The standard InChI is InChI=1S/C11H12FN3S/c1-7-15-9(6-16-7)5-14-11-3-2-8(13)4-10(11)12/h2-4,6,14H,5,13H2,1H3. The molecule has 0 unspecified atom stereocenters. The molecule has 0 saturated carbocycles. The van der Waals surface area contributed by atoms with E-state index in [0.717, 1.165) is 10.7 Å². The molecule has 0 aliphatic rings. The lowest BCUT2D eigenvalue weighted by Crippen LogP contribution is -2.02. The Morgan fingerprint density at radius 1 is 1.50 bits per heavy atom. The third-order valence-corrected chi connectivity index (χ3v) is 2.94. The Kier molecular flexibility index (Phi) is 3.05. The van der Waals surface area contributed by atoms with Crippen LogP contribution in [0.3, 0.4) is 0 Å². The van der Waals surface area contributed by atoms with Crippen LogP contribution in [0.5, 0.6) is 0 Å². The number of nitrogen functional groups attached to an aromatic ring is 1. The number of benzene rings is 1. The highest BCUT2D eigenvalue weighted by Gasteiger charge is 2.03. The Labute approximate surface area is 97.1 Å². The number of hydrogen-bond donors (Lipinski definition) is 2. The number of nitrogens with zero attached hydrogens (tertiary/aromatic N) is 1. The lowest BCUT2D eigenvalue weighted by atomic mass is 10.2. The van der Waals surface area contributed by atoms with Crippen LogP contribution in [0.15, 0.2) is 23.6 Å². The predicted molar refractivity (Wildman–Crippen MR) is 65.0 cm³/mol. The van der Waals surface area contributed by atoms with Gasteiger partial charge in [-0.25, -0.2) is 9.37 Å². The summed E-state index contributed by atoms with van der Waals surface area (Å²) in [6, 6.07) is 4.59. The van der Waals surface area contributed by atoms with Crippen molar-refractivity contribution >= 4 is 22.7 Å². The van der Waals surface area contributed by atoms with Crippen molar-refractivity contribution in [2.75, 3.05) is 11.1 Å². The third kappa shape index (κ3) is 2.49. The smallest absolute Gasteiger partial charge is 0.148 e. The average Bonchev–Trinajstić information content (AvgIpc) is 2.63. The van der Waals surface area contributed by atoms with Crippen molar-refractivity contribution in [3.63, 3.8) is 0 Å². The van der Waals surface area contributed by atoms with Gasteiger partial charge in [-0.1, -0.05) is 0 Å². The first-order valence-corrected chi connectivity index (χ1v) is 5.73. The molecule has 0 saturated heterocycles. The van der Waals surface area contributed by atoms with Crippen LogP contribution in [0.2, 0.25) is 0 Å². The van der Waals surface area contributed by atoms with Gasteiger partial charge in [-0.15, -0.1) is 11.3 Å². The number of hydrogen-bond acceptors (Lipinski definition) is 4. The molecule has 5 heteroatoms. The maximum absolute atomic E-state index is 13.4. The fourth-order valence-electron chi connectivity index (χ4n) is 1.35. The molecular formula is C11H12FN3S. The number of anilines is 2. The van der Waals surface area contributed by atoms with Gasteiger partial charge < -0.3 is 11.1 Å². The number of rotatable bonds is 3. The van der Waals surface area contributed by atoms with Crippen molar-refractivity contribution in [3.05, 3.63) is 40.1 Å². The van der Waals surface area contributed by atoms with Gasteiger partial charge in [0.1, 0.15) is 5.82 Å². The minimum absolute atomic E-state index is 0.341. The summed E-state index contributed by atoms with van der Waals surface area (Å²) >= 11 is 1.58. The summed E-state index contributed by atoms with van der Waals surface area (Å²) in [6.07, 6.45) is 0. The molecule has 2 rings (SSSR count). The van der Waals surface area contributed by atoms with Gasteiger partial charge in [0.25, 0.3) is 0 Å². The van der Waals surface area contributed by atoms with E-state index in [1.54, 1.807) is 23.5 Å². The summed E-state index contributed by atoms with van der Waals surface area (Å²) in [5.41, 5.74) is 7.24. The molecule has 3 nitrogen and oxygen atoms in total. The van der Waals surface area contributed by atoms with Crippen molar-refractivity contribution in [1.82, 2.24) is 4.98 Å². The molecule has 1 heterocycles. The molecule has 0 aliphatic carbocycles. The van der Waals surface area contributed by atoms with Crippen LogP contribution in [0.4, 0.5) is 15.8 Å². The zero-order valence-corrected chi connectivity index (χ0v) is 9.64. The topological polar surface area (TPSA) is 50.9 Å². The van der Waals surface area contributed by atoms with E-state index in [1.165, 1.54) is 6.07 Å². The predicted octanol–water partition coefficient (Wildman–Crippen LogP) is 2.78. The normalized spacial score (nSPS) is 10.4. The Hall–Kier alpha value is -1.62. The van der Waals surface area contributed by atoms with Crippen molar-refractivity contribution in [2.24, 2.45) is 0 Å². The second-order valence-corrected chi connectivity index (χ2v) is 4.51. The first kappa shape index (κ1) is 10.9. The summed E-state index contributed by atoms with van der Waals surface area (Å²) in [5, 5.41) is 5.95. The van der Waals surface area contributed by atoms with Gasteiger partial charge in [0, 0.05) is 11.1 Å². The van der Waals surface area contributed by atoms with Gasteiger partial charge in [0.05, 0.1) is 22.9 Å². The fraction of sp³-hybridized carbons (Fsp3) is 0.182. The van der Waals surface area contributed by atoms with E-state index in [1.807, 2.05) is 12.3 Å². The SMILES string of the molecule is Cc1nc(CNc2ccc(N)cc2F)cs1. The lowest BCUT2D eigenvalue weighted by Gasteiger charge is -2.06. The van der Waals surface area contributed by atoms with Gasteiger partial charge in [-0.2, -0.15) is 0 Å². The minimum Gasteiger partial charge on any atom is -0.399 e. The lowest BCUT2D eigenvalue weighted by molar-refractivity contribution is 0.630. The molecule has 3 N–H and O–H groups in total. The van der Waals surface area contributed by atoms with E-state index < -0.39 is 0 Å². The van der Waals surface area contributed by atoms with E-state index in [-0.39, 0.29) is 5.82 Å². The van der Waals surface area contributed by atoms with Gasteiger partial charge in [-0.3, -0.25) is 0 Å². The van der Waals surface area contributed by atoms with Crippen molar-refractivity contribution in [2.45, 2.75) is 13.5 Å². The van der Waals surface area contributed by atoms with E-state index in [4.69, 9.17) is 5.73 Å². The monoisotopic (exact) mass is 237 g/mol. The Morgan fingerprint density at radius 3 is 2.94 bits per heavy atom. The Morgan fingerprint density at radius 2 is 2.31 bits per heavy atom. The molecule has 16 heavy (non-hydrogen) atoms. The molecule has 1 aromatic carbocycles. The van der Waals surface area contributed by atoms with E-state index >= 15 is 0 Å². The van der Waals surface area contributed by atoms with Crippen LogP contribution >= 0.6 is 11.3 Å². The highest BCUT2D eigenvalue weighted by atomic mass is 32.1. The van der Waals surface area contributed by atoms with Gasteiger partial charge >= 0.3 is 0 Å². The number of aromatic nitrogens is 1. The summed E-state index contributed by atoms with van der Waals surface area (Å²) in [4.78, 5) is 4.28. The van der Waals surface area contributed by atoms with E-state index in [0.29, 0.717) is 17.9 Å². The molecular weight excluding hydrogens is 225 g/mol. The zero-order valence-electron chi connectivity index (χ0n) is 8.83. The summed E-state index contributed by atoms with van der Waals surface area (Å²) in [7, 11) is 0. The maximum atomic E-state index is 13.4. The second-order valence-electron chi connectivity index (χ2n) is 3.45. The summed E-state index contributed by atoms with van der Waals surface area (Å²) in [6.45, 7) is 2.46. The van der Waals surface area contributed by atoms with Gasteiger partial charge in [0.15, 0.2) is 0 Å². The van der Waals surface area contributed by atoms with Crippen molar-refractivity contribution in [1.29, 1.82) is 0 Å². The third-order valence-electron chi connectivity index (χ3n) is 2.12. The Balaban J connectivity index is 2.04. The highest BCUT2D eigenvalue weighted by Crippen LogP contribution is 2.18. The number of aryl methyl sites for hydroxylation is 1. The van der Waals surface area contributed by atoms with E-state index in [2.05, 4.69) is 10.3 Å². The molecule has 2 aromatic rings. The molecule has 0 atom stereocenters. The number of thiazole rings is 1. The molecule has 0 radical (unpaired) electrons. The van der Waals surface area contributed by atoms with Crippen LogP contribution in [-0.2, 0) is 6.54 Å². The highest BCUT2D eigenvalue weighted by molar-refractivity contribution is 7.09. The second kappa shape index (κ2) is 4.49. The largest absolute Gasteiger partial charge is 0.399 e. The minimum atomic E-state index is -0.341. The van der Waals surface area contributed by atoms with Crippen LogP contribution in [0.25, 0.3) is 0 Å². The van der Waals surface area contributed by atoms with Gasteiger partial charge in [0.2, 0.25) is 0 Å². The van der Waals surface area contributed by atoms with Crippen molar-refractivity contribution < 1.29 is 4.39 Å².